The van der Waals surface area contributed by atoms with E-state index in [2.05, 4.69) is 47.2 Å². The minimum absolute atomic E-state index is 0. The highest BCUT2D eigenvalue weighted by molar-refractivity contribution is 7.99. The van der Waals surface area contributed by atoms with E-state index in [1.807, 2.05) is 29.3 Å². The van der Waals surface area contributed by atoms with Crippen molar-refractivity contribution in [3.63, 3.8) is 0 Å². The van der Waals surface area contributed by atoms with E-state index in [1.54, 1.807) is 11.3 Å². The molecule has 1 aliphatic rings. The van der Waals surface area contributed by atoms with Crippen molar-refractivity contribution in [2.24, 2.45) is 0 Å². The van der Waals surface area contributed by atoms with Gasteiger partial charge >= 0.3 is 0 Å². The lowest BCUT2D eigenvalue weighted by atomic mass is 10.2. The monoisotopic (exact) mass is 446 g/mol. The number of thiophene rings is 1. The number of nitrogens with zero attached hydrogens (tertiary/aromatic N) is 2. The molecule has 0 atom stereocenters. The van der Waals surface area contributed by atoms with Crippen molar-refractivity contribution in [1.82, 2.24) is 4.90 Å². The van der Waals surface area contributed by atoms with Crippen LogP contribution >= 0.6 is 47.9 Å². The molecule has 0 amide bonds. The fourth-order valence-corrected chi connectivity index (χ4v) is 4.73. The quantitative estimate of drug-likeness (QED) is 0.448. The molecule has 0 fully saturated rings. The van der Waals surface area contributed by atoms with Gasteiger partial charge in [-0.3, -0.25) is 5.41 Å². The summed E-state index contributed by atoms with van der Waals surface area (Å²) in [6.07, 6.45) is 0. The molecule has 0 aliphatic carbocycles. The molecule has 0 bridgehead atoms. The summed E-state index contributed by atoms with van der Waals surface area (Å²) in [5.41, 5.74) is 2.33. The molecule has 2 N–H and O–H groups in total. The number of nitrogens with one attached hydrogen (secondary N) is 2. The Morgan fingerprint density at radius 3 is 2.67 bits per heavy atom. The number of hydrogen-bond donors (Lipinski definition) is 2. The molecular weight excluding hydrogens is 419 g/mol. The number of likely N-dealkylation sites (N-methyl/N-ethyl adjacent to an activating group) is 1. The Kier molecular flexibility index (Phi) is 10.6. The van der Waals surface area contributed by atoms with Gasteiger partial charge in [0.05, 0.1) is 10.6 Å². The molecule has 1 aromatic carbocycles. The summed E-state index contributed by atoms with van der Waals surface area (Å²) in [4.78, 5) is 7.25. The number of fused-ring (bicyclic) bond motifs is 1. The highest BCUT2D eigenvalue weighted by Crippen LogP contribution is 2.36. The second-order valence-corrected chi connectivity index (χ2v) is 8.11. The SMILES string of the molecule is CCN(CC)CCN1CCSc2cc(NC(=N)c3cccs3)ccc21.Cl.Cl. The summed E-state index contributed by atoms with van der Waals surface area (Å²) >= 11 is 3.50. The van der Waals surface area contributed by atoms with Gasteiger partial charge in [0, 0.05) is 36.0 Å². The Morgan fingerprint density at radius 2 is 2.00 bits per heavy atom. The maximum Gasteiger partial charge on any atom is 0.140 e. The van der Waals surface area contributed by atoms with Gasteiger partial charge in [-0.1, -0.05) is 19.9 Å². The summed E-state index contributed by atoms with van der Waals surface area (Å²) in [7, 11) is 0. The molecule has 2 aromatic rings. The van der Waals surface area contributed by atoms with E-state index in [0.29, 0.717) is 5.84 Å². The van der Waals surface area contributed by atoms with E-state index in [1.165, 1.54) is 10.6 Å². The molecular formula is C19H28Cl2N4S2. The van der Waals surface area contributed by atoms with Gasteiger partial charge in [-0.05, 0) is 42.7 Å². The predicted octanol–water partition coefficient (Wildman–Crippen LogP) is 5.28. The molecule has 0 saturated carbocycles. The number of hydrogen-bond acceptors (Lipinski definition) is 5. The van der Waals surface area contributed by atoms with Crippen LogP contribution in [0.5, 0.6) is 0 Å². The zero-order chi connectivity index (χ0) is 17.6. The van der Waals surface area contributed by atoms with Gasteiger partial charge in [-0.2, -0.15) is 0 Å². The van der Waals surface area contributed by atoms with Crippen molar-refractivity contribution in [2.75, 3.05) is 48.7 Å². The molecule has 0 spiro atoms. The molecule has 1 aliphatic heterocycles. The van der Waals surface area contributed by atoms with Crippen LogP contribution in [0.15, 0.2) is 40.6 Å². The highest BCUT2D eigenvalue weighted by atomic mass is 35.5. The molecule has 0 radical (unpaired) electrons. The molecule has 0 unspecified atom stereocenters. The number of rotatable bonds is 7. The Morgan fingerprint density at radius 1 is 1.22 bits per heavy atom. The van der Waals surface area contributed by atoms with Gasteiger partial charge in [0.25, 0.3) is 0 Å². The minimum Gasteiger partial charge on any atom is -0.369 e. The van der Waals surface area contributed by atoms with Gasteiger partial charge < -0.3 is 15.1 Å². The Labute approximate surface area is 183 Å². The molecule has 150 valence electrons. The van der Waals surface area contributed by atoms with Gasteiger partial charge in [-0.15, -0.1) is 47.9 Å². The lowest BCUT2D eigenvalue weighted by Gasteiger charge is -2.33. The average molecular weight is 448 g/mol. The number of thioether (sulfide) groups is 1. The van der Waals surface area contributed by atoms with Crippen molar-refractivity contribution >= 4 is 65.1 Å². The van der Waals surface area contributed by atoms with E-state index < -0.39 is 0 Å². The topological polar surface area (TPSA) is 42.4 Å². The van der Waals surface area contributed by atoms with Crippen molar-refractivity contribution in [3.8, 4) is 0 Å². The highest BCUT2D eigenvalue weighted by Gasteiger charge is 2.18. The number of halogens is 2. The first-order valence-corrected chi connectivity index (χ1v) is 10.7. The maximum absolute atomic E-state index is 8.20. The van der Waals surface area contributed by atoms with Gasteiger partial charge in [0.1, 0.15) is 5.84 Å². The van der Waals surface area contributed by atoms with Crippen molar-refractivity contribution in [3.05, 3.63) is 40.6 Å². The molecule has 4 nitrogen and oxygen atoms in total. The summed E-state index contributed by atoms with van der Waals surface area (Å²) in [6.45, 7) is 9.97. The normalized spacial score (nSPS) is 12.8. The standard InChI is InChI=1S/C19H26N4S2.2ClH/c1-3-22(4-2)9-10-23-11-13-25-18-14-15(7-8-16(18)23)21-19(20)17-6-5-12-24-17;;/h5-8,12,14H,3-4,9-11,13H2,1-2H3,(H2,20,21);2*1H. The first-order valence-electron chi connectivity index (χ1n) is 8.84. The van der Waals surface area contributed by atoms with E-state index in [0.717, 1.165) is 49.0 Å². The summed E-state index contributed by atoms with van der Waals surface area (Å²) < 4.78 is 0. The van der Waals surface area contributed by atoms with Gasteiger partial charge in [-0.25, -0.2) is 0 Å². The Hall–Kier alpha value is -0.920. The van der Waals surface area contributed by atoms with E-state index >= 15 is 0 Å². The first-order chi connectivity index (χ1) is 12.2. The average Bonchev–Trinajstić information content (AvgIpc) is 3.17. The summed E-state index contributed by atoms with van der Waals surface area (Å²) in [5, 5.41) is 13.4. The Balaban J connectivity index is 0.00000182. The first kappa shape index (κ1) is 24.1. The molecule has 8 heteroatoms. The van der Waals surface area contributed by atoms with Crippen molar-refractivity contribution in [1.29, 1.82) is 5.41 Å². The number of amidine groups is 1. The lowest BCUT2D eigenvalue weighted by molar-refractivity contribution is 0.309. The molecule has 1 aromatic heterocycles. The minimum atomic E-state index is 0. The largest absolute Gasteiger partial charge is 0.369 e. The number of benzene rings is 1. The zero-order valence-electron chi connectivity index (χ0n) is 15.7. The van der Waals surface area contributed by atoms with Crippen LogP contribution < -0.4 is 10.2 Å². The van der Waals surface area contributed by atoms with Crippen LogP contribution in [0.2, 0.25) is 0 Å². The second-order valence-electron chi connectivity index (χ2n) is 6.02. The molecule has 0 saturated heterocycles. The smallest absolute Gasteiger partial charge is 0.140 e. The van der Waals surface area contributed by atoms with Crippen LogP contribution in [0.3, 0.4) is 0 Å². The van der Waals surface area contributed by atoms with Crippen LogP contribution in [-0.2, 0) is 0 Å². The zero-order valence-corrected chi connectivity index (χ0v) is 19.0. The third-order valence-electron chi connectivity index (χ3n) is 4.54. The lowest BCUT2D eigenvalue weighted by Crippen LogP contribution is -2.37. The van der Waals surface area contributed by atoms with Crippen LogP contribution in [0.25, 0.3) is 0 Å². The summed E-state index contributed by atoms with van der Waals surface area (Å²) in [6, 6.07) is 10.4. The van der Waals surface area contributed by atoms with Crippen LogP contribution in [0, 0.1) is 5.41 Å². The fraction of sp³-hybridized carbons (Fsp3) is 0.421. The summed E-state index contributed by atoms with van der Waals surface area (Å²) in [5.74, 6) is 1.59. The van der Waals surface area contributed by atoms with Crippen LogP contribution in [-0.4, -0.2) is 49.2 Å². The van der Waals surface area contributed by atoms with Crippen LogP contribution in [0.4, 0.5) is 11.4 Å². The van der Waals surface area contributed by atoms with E-state index in [-0.39, 0.29) is 24.8 Å². The van der Waals surface area contributed by atoms with Gasteiger partial charge in [0.15, 0.2) is 0 Å². The van der Waals surface area contributed by atoms with Gasteiger partial charge in [0.2, 0.25) is 0 Å². The third kappa shape index (κ3) is 6.29. The Bertz CT molecular complexity index is 706. The van der Waals surface area contributed by atoms with Crippen molar-refractivity contribution in [2.45, 2.75) is 18.7 Å². The van der Waals surface area contributed by atoms with Crippen molar-refractivity contribution < 1.29 is 0 Å². The van der Waals surface area contributed by atoms with E-state index in [9.17, 15) is 0 Å². The maximum atomic E-state index is 8.20. The van der Waals surface area contributed by atoms with Crippen LogP contribution in [0.1, 0.15) is 18.7 Å². The molecule has 2 heterocycles. The third-order valence-corrected chi connectivity index (χ3v) is 6.45. The fourth-order valence-electron chi connectivity index (χ4n) is 3.02. The molecule has 27 heavy (non-hydrogen) atoms. The predicted molar refractivity (Wildman–Crippen MR) is 126 cm³/mol. The number of anilines is 2. The van der Waals surface area contributed by atoms with E-state index in [4.69, 9.17) is 5.41 Å². The molecule has 3 rings (SSSR count). The second kappa shape index (κ2) is 11.8.